The molecule has 3 N–H and O–H groups in total. The Hall–Kier alpha value is -0.570. The molecular weight excluding hydrogens is 154 g/mol. The van der Waals surface area contributed by atoms with Crippen LogP contribution in [-0.2, 0) is 4.79 Å². The molecule has 0 radical (unpaired) electrons. The first-order chi connectivity index (χ1) is 5.43. The van der Waals surface area contributed by atoms with Gasteiger partial charge in [-0.3, -0.25) is 4.79 Å². The summed E-state index contributed by atoms with van der Waals surface area (Å²) >= 11 is 0. The molecule has 0 aliphatic carbocycles. The van der Waals surface area contributed by atoms with Crippen LogP contribution in [0.2, 0.25) is 0 Å². The maximum Gasteiger partial charge on any atom is 0.303 e. The van der Waals surface area contributed by atoms with E-state index in [0.717, 1.165) is 6.42 Å². The zero-order valence-corrected chi connectivity index (χ0v) is 8.08. The van der Waals surface area contributed by atoms with E-state index < -0.39 is 5.97 Å². The molecule has 0 aromatic carbocycles. The maximum atomic E-state index is 10.3. The number of carboxylic acids is 1. The van der Waals surface area contributed by atoms with Crippen molar-refractivity contribution >= 4 is 5.97 Å². The van der Waals surface area contributed by atoms with Crippen LogP contribution in [0.1, 0.15) is 33.6 Å². The smallest absolute Gasteiger partial charge is 0.303 e. The van der Waals surface area contributed by atoms with Crippen LogP contribution in [0.15, 0.2) is 0 Å². The van der Waals surface area contributed by atoms with E-state index in [1.54, 1.807) is 0 Å². The van der Waals surface area contributed by atoms with Crippen LogP contribution >= 0.6 is 0 Å². The normalized spacial score (nSPS) is 16.1. The quantitative estimate of drug-likeness (QED) is 0.661. The monoisotopic (exact) mass is 173 g/mol. The second-order valence-corrected chi connectivity index (χ2v) is 3.85. The molecule has 0 aromatic heterocycles. The summed E-state index contributed by atoms with van der Waals surface area (Å²) in [6.45, 7) is 6.03. The van der Waals surface area contributed by atoms with Crippen LogP contribution in [0.3, 0.4) is 0 Å². The lowest BCUT2D eigenvalue weighted by Crippen LogP contribution is -2.29. The maximum absolute atomic E-state index is 10.3. The summed E-state index contributed by atoms with van der Waals surface area (Å²) in [5.41, 5.74) is 5.80. The molecule has 0 heterocycles. The molecule has 3 nitrogen and oxygen atoms in total. The van der Waals surface area contributed by atoms with Gasteiger partial charge in [-0.25, -0.2) is 0 Å². The van der Waals surface area contributed by atoms with Crippen molar-refractivity contribution in [2.75, 3.05) is 0 Å². The van der Waals surface area contributed by atoms with Gasteiger partial charge in [0.1, 0.15) is 0 Å². The zero-order valence-electron chi connectivity index (χ0n) is 8.08. The van der Waals surface area contributed by atoms with Gasteiger partial charge in [0.25, 0.3) is 0 Å². The molecule has 0 spiro atoms. The molecule has 0 bridgehead atoms. The van der Waals surface area contributed by atoms with Crippen LogP contribution in [-0.4, -0.2) is 17.1 Å². The molecule has 0 amide bonds. The zero-order chi connectivity index (χ0) is 9.72. The SMILES string of the molecule is CC(CC(=O)O)CC(N)C(C)C. The van der Waals surface area contributed by atoms with Crippen molar-refractivity contribution in [2.24, 2.45) is 17.6 Å². The first kappa shape index (κ1) is 11.4. The highest BCUT2D eigenvalue weighted by Crippen LogP contribution is 2.13. The van der Waals surface area contributed by atoms with Gasteiger partial charge >= 0.3 is 5.97 Å². The highest BCUT2D eigenvalue weighted by Gasteiger charge is 2.14. The molecule has 0 aromatic rings. The predicted molar refractivity (Wildman–Crippen MR) is 48.8 cm³/mol. The first-order valence-corrected chi connectivity index (χ1v) is 4.40. The van der Waals surface area contributed by atoms with Crippen LogP contribution in [0.4, 0.5) is 0 Å². The fourth-order valence-electron chi connectivity index (χ4n) is 1.12. The lowest BCUT2D eigenvalue weighted by atomic mass is 9.93. The van der Waals surface area contributed by atoms with Gasteiger partial charge in [-0.05, 0) is 18.3 Å². The number of carbonyl (C=O) groups is 1. The van der Waals surface area contributed by atoms with E-state index in [1.807, 2.05) is 6.92 Å². The molecule has 0 rings (SSSR count). The Kier molecular flexibility index (Phi) is 4.90. The van der Waals surface area contributed by atoms with Gasteiger partial charge in [0.2, 0.25) is 0 Å². The minimum absolute atomic E-state index is 0.124. The van der Waals surface area contributed by atoms with E-state index in [0.29, 0.717) is 5.92 Å². The standard InChI is InChI=1S/C9H19NO2/c1-6(2)8(10)4-7(3)5-9(11)12/h6-8H,4-5,10H2,1-3H3,(H,11,12). The lowest BCUT2D eigenvalue weighted by Gasteiger charge is -2.18. The fourth-order valence-corrected chi connectivity index (χ4v) is 1.12. The second-order valence-electron chi connectivity index (χ2n) is 3.85. The second kappa shape index (κ2) is 5.14. The average Bonchev–Trinajstić information content (AvgIpc) is 1.84. The van der Waals surface area contributed by atoms with Crippen molar-refractivity contribution in [2.45, 2.75) is 39.7 Å². The van der Waals surface area contributed by atoms with Gasteiger partial charge in [-0.15, -0.1) is 0 Å². The summed E-state index contributed by atoms with van der Waals surface area (Å²) in [6, 6.07) is 0.124. The van der Waals surface area contributed by atoms with Crippen LogP contribution in [0.5, 0.6) is 0 Å². The van der Waals surface area contributed by atoms with Gasteiger partial charge in [0.05, 0.1) is 0 Å². The Morgan fingerprint density at radius 2 is 1.92 bits per heavy atom. The predicted octanol–water partition coefficient (Wildman–Crippen LogP) is 1.47. The van der Waals surface area contributed by atoms with E-state index in [4.69, 9.17) is 10.8 Å². The summed E-state index contributed by atoms with van der Waals surface area (Å²) in [6.07, 6.45) is 1.02. The topological polar surface area (TPSA) is 63.3 Å². The summed E-state index contributed by atoms with van der Waals surface area (Å²) in [7, 11) is 0. The number of carboxylic acid groups (broad SMARTS) is 1. The van der Waals surface area contributed by atoms with Crippen LogP contribution in [0, 0.1) is 11.8 Å². The lowest BCUT2D eigenvalue weighted by molar-refractivity contribution is -0.138. The van der Waals surface area contributed by atoms with E-state index >= 15 is 0 Å². The summed E-state index contributed by atoms with van der Waals surface area (Å²) < 4.78 is 0. The van der Waals surface area contributed by atoms with Gasteiger partial charge in [0, 0.05) is 12.5 Å². The van der Waals surface area contributed by atoms with E-state index in [2.05, 4.69) is 13.8 Å². The number of rotatable bonds is 5. The minimum Gasteiger partial charge on any atom is -0.481 e. The van der Waals surface area contributed by atoms with Gasteiger partial charge in [-0.1, -0.05) is 20.8 Å². The highest BCUT2D eigenvalue weighted by atomic mass is 16.4. The van der Waals surface area contributed by atoms with Crippen LogP contribution in [0.25, 0.3) is 0 Å². The van der Waals surface area contributed by atoms with E-state index in [1.165, 1.54) is 0 Å². The van der Waals surface area contributed by atoms with Gasteiger partial charge in [0.15, 0.2) is 0 Å². The van der Waals surface area contributed by atoms with E-state index in [-0.39, 0.29) is 18.4 Å². The average molecular weight is 173 g/mol. The van der Waals surface area contributed by atoms with Crippen molar-refractivity contribution in [1.82, 2.24) is 0 Å². The summed E-state index contributed by atoms with van der Waals surface area (Å²) in [5.74, 6) is -0.125. The molecule has 12 heavy (non-hydrogen) atoms. The van der Waals surface area contributed by atoms with Crippen molar-refractivity contribution < 1.29 is 9.90 Å². The Balaban J connectivity index is 3.68. The Labute approximate surface area is 74.0 Å². The summed E-state index contributed by atoms with van der Waals surface area (Å²) in [4.78, 5) is 10.3. The summed E-state index contributed by atoms with van der Waals surface area (Å²) in [5, 5.41) is 8.49. The van der Waals surface area contributed by atoms with Gasteiger partial charge in [-0.2, -0.15) is 0 Å². The Morgan fingerprint density at radius 1 is 1.42 bits per heavy atom. The number of hydrogen-bond donors (Lipinski definition) is 2. The van der Waals surface area contributed by atoms with Gasteiger partial charge < -0.3 is 10.8 Å². The number of aliphatic carboxylic acids is 1. The molecule has 72 valence electrons. The molecule has 2 unspecified atom stereocenters. The Bertz CT molecular complexity index is 145. The molecular formula is C9H19NO2. The minimum atomic E-state index is -0.738. The number of nitrogens with two attached hydrogens (primary N) is 1. The third kappa shape index (κ3) is 5.13. The molecule has 0 saturated heterocycles. The van der Waals surface area contributed by atoms with Crippen molar-refractivity contribution in [1.29, 1.82) is 0 Å². The van der Waals surface area contributed by atoms with E-state index in [9.17, 15) is 4.79 Å². The first-order valence-electron chi connectivity index (χ1n) is 4.40. The largest absolute Gasteiger partial charge is 0.481 e. The molecule has 3 heteroatoms. The molecule has 0 aliphatic rings. The molecule has 0 saturated carbocycles. The highest BCUT2D eigenvalue weighted by molar-refractivity contribution is 5.66. The molecule has 0 aliphatic heterocycles. The number of hydrogen-bond acceptors (Lipinski definition) is 2. The van der Waals surface area contributed by atoms with Crippen molar-refractivity contribution in [3.8, 4) is 0 Å². The van der Waals surface area contributed by atoms with Crippen LogP contribution < -0.4 is 5.73 Å². The molecule has 2 atom stereocenters. The van der Waals surface area contributed by atoms with Crippen molar-refractivity contribution in [3.05, 3.63) is 0 Å². The third-order valence-electron chi connectivity index (χ3n) is 2.05. The third-order valence-corrected chi connectivity index (χ3v) is 2.05. The fraction of sp³-hybridized carbons (Fsp3) is 0.889. The Morgan fingerprint density at radius 3 is 2.25 bits per heavy atom. The molecule has 0 fully saturated rings. The van der Waals surface area contributed by atoms with Crippen molar-refractivity contribution in [3.63, 3.8) is 0 Å².